The normalized spacial score (nSPS) is 18.1. The lowest BCUT2D eigenvalue weighted by molar-refractivity contribution is -0.0204. The molecule has 4 rings (SSSR count). The number of pyridine rings is 1. The van der Waals surface area contributed by atoms with Crippen LogP contribution in [0.1, 0.15) is 41.6 Å². The molecule has 148 valence electrons. The first kappa shape index (κ1) is 18.7. The van der Waals surface area contributed by atoms with Crippen LogP contribution in [0.4, 0.5) is 4.79 Å². The van der Waals surface area contributed by atoms with E-state index in [0.717, 1.165) is 36.3 Å². The zero-order valence-corrected chi connectivity index (χ0v) is 16.3. The molecule has 2 aromatic rings. The summed E-state index contributed by atoms with van der Waals surface area (Å²) in [6, 6.07) is 9.86. The number of carbonyl (C=O) groups is 1. The van der Waals surface area contributed by atoms with Crippen LogP contribution in [0.3, 0.4) is 0 Å². The second-order valence-corrected chi connectivity index (χ2v) is 7.79. The van der Waals surface area contributed by atoms with Crippen molar-refractivity contribution >= 4 is 6.03 Å². The molecule has 0 spiro atoms. The van der Waals surface area contributed by atoms with Crippen LogP contribution in [-0.4, -0.2) is 40.7 Å². The average molecular weight is 381 g/mol. The van der Waals surface area contributed by atoms with Gasteiger partial charge < -0.3 is 20.1 Å². The fourth-order valence-electron chi connectivity index (χ4n) is 3.89. The van der Waals surface area contributed by atoms with Gasteiger partial charge in [-0.3, -0.25) is 4.98 Å². The number of nitrogens with one attached hydrogen (secondary N) is 1. The number of urea groups is 1. The Morgan fingerprint density at radius 1 is 1.29 bits per heavy atom. The topological polar surface area (TPSA) is 74.7 Å². The summed E-state index contributed by atoms with van der Waals surface area (Å²) >= 11 is 0. The lowest BCUT2D eigenvalue weighted by Gasteiger charge is -2.37. The first-order valence-corrected chi connectivity index (χ1v) is 9.96. The van der Waals surface area contributed by atoms with Crippen molar-refractivity contribution in [2.75, 3.05) is 19.7 Å². The van der Waals surface area contributed by atoms with Crippen molar-refractivity contribution in [3.63, 3.8) is 0 Å². The summed E-state index contributed by atoms with van der Waals surface area (Å²) in [7, 11) is 0. The van der Waals surface area contributed by atoms with E-state index in [1.54, 1.807) is 11.1 Å². The fourth-order valence-corrected chi connectivity index (χ4v) is 3.89. The van der Waals surface area contributed by atoms with Crippen LogP contribution in [0.5, 0.6) is 5.75 Å². The predicted octanol–water partition coefficient (Wildman–Crippen LogP) is 2.91. The Hall–Kier alpha value is -2.60. The highest BCUT2D eigenvalue weighted by molar-refractivity contribution is 5.74. The maximum atomic E-state index is 12.5. The van der Waals surface area contributed by atoms with E-state index in [4.69, 9.17) is 4.74 Å². The van der Waals surface area contributed by atoms with E-state index in [9.17, 15) is 9.90 Å². The molecule has 2 N–H and O–H groups in total. The fraction of sp³-hybridized carbons (Fsp3) is 0.455. The molecule has 1 aromatic carbocycles. The molecule has 0 bridgehead atoms. The summed E-state index contributed by atoms with van der Waals surface area (Å²) in [5.74, 6) is 0.960. The van der Waals surface area contributed by atoms with Crippen molar-refractivity contribution < 1.29 is 14.6 Å². The Balaban J connectivity index is 1.31. The van der Waals surface area contributed by atoms with Gasteiger partial charge in [-0.2, -0.15) is 0 Å². The molecule has 0 radical (unpaired) electrons. The van der Waals surface area contributed by atoms with Gasteiger partial charge in [-0.05, 0) is 61.4 Å². The molecule has 0 saturated carbocycles. The summed E-state index contributed by atoms with van der Waals surface area (Å²) in [5, 5.41) is 13.9. The van der Waals surface area contributed by atoms with Gasteiger partial charge in [-0.1, -0.05) is 18.2 Å². The maximum Gasteiger partial charge on any atom is 0.317 e. The number of fused-ring (bicyclic) bond motifs is 1. The summed E-state index contributed by atoms with van der Waals surface area (Å²) in [6.07, 6.45) is 4.82. The van der Waals surface area contributed by atoms with Gasteiger partial charge in [0.1, 0.15) is 11.4 Å². The standard InChI is InChI=1S/C22H27N3O3/c1-16-4-7-20(23-14-16)22(27)8-10-25(11-9-22)21(26)24-15-17-5-6-19-18(13-17)3-2-12-28-19/h4-7,13-14,27H,2-3,8-12,15H2,1H3,(H,24,26). The van der Waals surface area contributed by atoms with Gasteiger partial charge >= 0.3 is 6.03 Å². The summed E-state index contributed by atoms with van der Waals surface area (Å²) < 4.78 is 5.64. The van der Waals surface area contributed by atoms with Gasteiger partial charge in [0.15, 0.2) is 0 Å². The van der Waals surface area contributed by atoms with Crippen LogP contribution in [0.15, 0.2) is 36.5 Å². The van der Waals surface area contributed by atoms with Crippen LogP contribution in [0.2, 0.25) is 0 Å². The monoisotopic (exact) mass is 381 g/mol. The number of ether oxygens (including phenoxy) is 1. The van der Waals surface area contributed by atoms with E-state index >= 15 is 0 Å². The second-order valence-electron chi connectivity index (χ2n) is 7.79. The van der Waals surface area contributed by atoms with Gasteiger partial charge in [0.2, 0.25) is 0 Å². The van der Waals surface area contributed by atoms with Crippen LogP contribution >= 0.6 is 0 Å². The number of carbonyl (C=O) groups excluding carboxylic acids is 1. The Morgan fingerprint density at radius 2 is 2.11 bits per heavy atom. The molecule has 28 heavy (non-hydrogen) atoms. The van der Waals surface area contributed by atoms with Crippen LogP contribution in [0.25, 0.3) is 0 Å². The first-order valence-electron chi connectivity index (χ1n) is 9.96. The minimum absolute atomic E-state index is 0.0899. The molecule has 0 aliphatic carbocycles. The minimum Gasteiger partial charge on any atom is -0.493 e. The van der Waals surface area contributed by atoms with Gasteiger partial charge in [0.25, 0.3) is 0 Å². The van der Waals surface area contributed by atoms with E-state index in [2.05, 4.69) is 16.4 Å². The quantitative estimate of drug-likeness (QED) is 0.857. The lowest BCUT2D eigenvalue weighted by Crippen LogP contribution is -2.48. The number of aliphatic hydroxyl groups is 1. The molecule has 1 aromatic heterocycles. The number of aromatic nitrogens is 1. The van der Waals surface area contributed by atoms with E-state index in [1.165, 1.54) is 5.56 Å². The summed E-state index contributed by atoms with van der Waals surface area (Å²) in [4.78, 5) is 18.7. The number of amides is 2. The predicted molar refractivity (Wildman–Crippen MR) is 106 cm³/mol. The molecule has 1 saturated heterocycles. The van der Waals surface area contributed by atoms with Gasteiger partial charge in [-0.25, -0.2) is 4.79 Å². The van der Waals surface area contributed by atoms with E-state index in [1.807, 2.05) is 31.2 Å². The largest absolute Gasteiger partial charge is 0.493 e. The molecule has 0 atom stereocenters. The molecular weight excluding hydrogens is 354 g/mol. The third-order valence-corrected chi connectivity index (χ3v) is 5.68. The summed E-state index contributed by atoms with van der Waals surface area (Å²) in [6.45, 7) is 4.27. The molecule has 6 nitrogen and oxygen atoms in total. The number of aryl methyl sites for hydroxylation is 2. The van der Waals surface area contributed by atoms with Crippen molar-refractivity contribution in [3.05, 3.63) is 58.9 Å². The van der Waals surface area contributed by atoms with E-state index in [-0.39, 0.29) is 6.03 Å². The number of likely N-dealkylation sites (tertiary alicyclic amines) is 1. The Labute approximate surface area is 165 Å². The van der Waals surface area contributed by atoms with Gasteiger partial charge in [0, 0.05) is 25.8 Å². The van der Waals surface area contributed by atoms with E-state index in [0.29, 0.717) is 38.2 Å². The zero-order chi connectivity index (χ0) is 19.6. The molecular formula is C22H27N3O3. The number of benzene rings is 1. The zero-order valence-electron chi connectivity index (χ0n) is 16.3. The van der Waals surface area contributed by atoms with Gasteiger partial charge in [0.05, 0.1) is 12.3 Å². The second kappa shape index (κ2) is 7.80. The number of hydrogen-bond donors (Lipinski definition) is 2. The number of nitrogens with zero attached hydrogens (tertiary/aromatic N) is 2. The van der Waals surface area contributed by atoms with Crippen LogP contribution in [-0.2, 0) is 18.6 Å². The van der Waals surface area contributed by atoms with Crippen molar-refractivity contribution in [1.82, 2.24) is 15.2 Å². The van der Waals surface area contributed by atoms with Crippen LogP contribution < -0.4 is 10.1 Å². The molecule has 3 heterocycles. The molecule has 6 heteroatoms. The highest BCUT2D eigenvalue weighted by Gasteiger charge is 2.36. The number of piperidine rings is 1. The average Bonchev–Trinajstić information content (AvgIpc) is 2.73. The smallest absolute Gasteiger partial charge is 0.317 e. The molecule has 0 unspecified atom stereocenters. The van der Waals surface area contributed by atoms with E-state index < -0.39 is 5.60 Å². The molecule has 2 aliphatic heterocycles. The van der Waals surface area contributed by atoms with Crippen molar-refractivity contribution in [2.45, 2.75) is 44.8 Å². The van der Waals surface area contributed by atoms with Gasteiger partial charge in [-0.15, -0.1) is 0 Å². The molecule has 1 fully saturated rings. The first-order chi connectivity index (χ1) is 13.5. The Kier molecular flexibility index (Phi) is 5.22. The molecule has 2 aliphatic rings. The minimum atomic E-state index is -0.955. The highest BCUT2D eigenvalue weighted by atomic mass is 16.5. The van der Waals surface area contributed by atoms with Crippen molar-refractivity contribution in [2.24, 2.45) is 0 Å². The Bertz CT molecular complexity index is 843. The Morgan fingerprint density at radius 3 is 2.86 bits per heavy atom. The third-order valence-electron chi connectivity index (χ3n) is 5.68. The maximum absolute atomic E-state index is 12.5. The number of hydrogen-bond acceptors (Lipinski definition) is 4. The van der Waals surface area contributed by atoms with Crippen LogP contribution in [0, 0.1) is 6.92 Å². The summed E-state index contributed by atoms with van der Waals surface area (Å²) in [5.41, 5.74) is 3.09. The SMILES string of the molecule is Cc1ccc(C2(O)CCN(C(=O)NCc3ccc4c(c3)CCCO4)CC2)nc1. The van der Waals surface area contributed by atoms with Crippen molar-refractivity contribution in [3.8, 4) is 5.75 Å². The number of rotatable bonds is 3. The molecule has 2 amide bonds. The lowest BCUT2D eigenvalue weighted by atomic mass is 9.87. The highest BCUT2D eigenvalue weighted by Crippen LogP contribution is 2.31. The third kappa shape index (κ3) is 3.97. The van der Waals surface area contributed by atoms with Crippen molar-refractivity contribution in [1.29, 1.82) is 0 Å².